The average molecular weight is 423 g/mol. The van der Waals surface area contributed by atoms with Gasteiger partial charge in [0.25, 0.3) is 0 Å². The van der Waals surface area contributed by atoms with Crippen LogP contribution in [0.15, 0.2) is 42.6 Å². The van der Waals surface area contributed by atoms with Crippen molar-refractivity contribution in [2.75, 3.05) is 6.54 Å². The maximum absolute atomic E-state index is 13.0. The van der Waals surface area contributed by atoms with Crippen molar-refractivity contribution in [3.05, 3.63) is 75.6 Å². The summed E-state index contributed by atoms with van der Waals surface area (Å²) in [5.74, 6) is 0. The van der Waals surface area contributed by atoms with Gasteiger partial charge >= 0.3 is 6.18 Å². The molecule has 154 valence electrons. The summed E-state index contributed by atoms with van der Waals surface area (Å²) >= 11 is 6.18. The molecule has 0 unspecified atom stereocenters. The Balaban J connectivity index is 2.23. The van der Waals surface area contributed by atoms with Crippen LogP contribution >= 0.6 is 11.6 Å². The maximum Gasteiger partial charge on any atom is 0.389 e. The van der Waals surface area contributed by atoms with E-state index >= 15 is 0 Å². The Morgan fingerprint density at radius 2 is 1.97 bits per heavy atom. The van der Waals surface area contributed by atoms with Crippen molar-refractivity contribution in [1.29, 1.82) is 0 Å². The molecule has 2 aromatic rings. The minimum Gasteiger partial charge on any atom is -0.317 e. The summed E-state index contributed by atoms with van der Waals surface area (Å²) in [5.41, 5.74) is 7.71. The van der Waals surface area contributed by atoms with Gasteiger partial charge in [-0.15, -0.1) is 0 Å². The minimum absolute atomic E-state index is 0.152. The summed E-state index contributed by atoms with van der Waals surface area (Å²) < 4.78 is 39.0. The number of halogens is 4. The van der Waals surface area contributed by atoms with Crippen LogP contribution in [0.25, 0.3) is 11.6 Å². The number of hydrogen-bond donors (Lipinski definition) is 2. The van der Waals surface area contributed by atoms with Gasteiger partial charge in [-0.3, -0.25) is 4.98 Å². The highest BCUT2D eigenvalue weighted by atomic mass is 35.5. The highest BCUT2D eigenvalue weighted by molar-refractivity contribution is 6.30. The first-order valence-corrected chi connectivity index (χ1v) is 9.76. The number of benzene rings is 1. The van der Waals surface area contributed by atoms with Gasteiger partial charge in [-0.05, 0) is 66.1 Å². The standard InChI is InChI=1S/C22H22ClF3N2O/c1-2-14-11-17-4-3-16-12-18(23)5-6-19(16)20(21(17)27-13-14)15(8-10-28-29)7-9-22(24,25)26/h2,5-6,11-13,28-29H,1,3-4,7-10H2/b20-15+. The molecular formula is C22H22ClF3N2O. The van der Waals surface area contributed by atoms with Crippen molar-refractivity contribution in [3.63, 3.8) is 0 Å². The highest BCUT2D eigenvalue weighted by Crippen LogP contribution is 2.39. The number of nitrogens with one attached hydrogen (secondary N) is 1. The molecule has 2 N–H and O–H groups in total. The molecule has 0 saturated carbocycles. The molecule has 29 heavy (non-hydrogen) atoms. The molecule has 0 bridgehead atoms. The maximum atomic E-state index is 13.0. The molecule has 0 saturated heterocycles. The van der Waals surface area contributed by atoms with E-state index in [-0.39, 0.29) is 19.4 Å². The van der Waals surface area contributed by atoms with Crippen LogP contribution in [0.3, 0.4) is 0 Å². The molecule has 1 aliphatic rings. The number of pyridine rings is 1. The zero-order valence-electron chi connectivity index (χ0n) is 15.8. The first-order chi connectivity index (χ1) is 13.8. The number of aryl methyl sites for hydroxylation is 2. The van der Waals surface area contributed by atoms with Crippen LogP contribution in [0.2, 0.25) is 5.02 Å². The van der Waals surface area contributed by atoms with E-state index in [9.17, 15) is 13.2 Å². The molecule has 1 aliphatic carbocycles. The van der Waals surface area contributed by atoms with Crippen molar-refractivity contribution in [2.45, 2.75) is 38.3 Å². The monoisotopic (exact) mass is 422 g/mol. The number of nitrogens with zero attached hydrogens (tertiary/aromatic N) is 1. The number of fused-ring (bicyclic) bond motifs is 2. The molecule has 0 atom stereocenters. The molecule has 1 heterocycles. The first kappa shape index (κ1) is 21.6. The van der Waals surface area contributed by atoms with E-state index in [0.717, 1.165) is 22.3 Å². The predicted octanol–water partition coefficient (Wildman–Crippen LogP) is 5.99. The molecule has 0 radical (unpaired) electrons. The smallest absolute Gasteiger partial charge is 0.317 e. The lowest BCUT2D eigenvalue weighted by atomic mass is 9.89. The lowest BCUT2D eigenvalue weighted by molar-refractivity contribution is -0.134. The van der Waals surface area contributed by atoms with Crippen molar-refractivity contribution in [1.82, 2.24) is 10.5 Å². The Kier molecular flexibility index (Phi) is 6.77. The van der Waals surface area contributed by atoms with Gasteiger partial charge in [-0.25, -0.2) is 5.48 Å². The zero-order chi connectivity index (χ0) is 21.0. The number of hydroxylamine groups is 1. The van der Waals surface area contributed by atoms with Crippen LogP contribution in [0, 0.1) is 0 Å². The van der Waals surface area contributed by atoms with Gasteiger partial charge in [0.05, 0.1) is 5.69 Å². The second-order valence-electron chi connectivity index (χ2n) is 7.03. The fourth-order valence-electron chi connectivity index (χ4n) is 3.70. The number of alkyl halides is 3. The summed E-state index contributed by atoms with van der Waals surface area (Å²) in [6, 6.07) is 7.44. The van der Waals surface area contributed by atoms with Crippen molar-refractivity contribution in [2.24, 2.45) is 0 Å². The fraction of sp³-hybridized carbons (Fsp3) is 0.318. The van der Waals surface area contributed by atoms with E-state index in [1.165, 1.54) is 0 Å². The molecule has 1 aromatic heterocycles. The van der Waals surface area contributed by atoms with Crippen molar-refractivity contribution >= 4 is 23.3 Å². The van der Waals surface area contributed by atoms with Crippen molar-refractivity contribution < 1.29 is 18.4 Å². The van der Waals surface area contributed by atoms with E-state index in [1.807, 2.05) is 18.2 Å². The van der Waals surface area contributed by atoms with Crippen LogP contribution in [0.1, 0.15) is 47.2 Å². The van der Waals surface area contributed by atoms with E-state index in [1.54, 1.807) is 18.3 Å². The van der Waals surface area contributed by atoms with Gasteiger partial charge in [0, 0.05) is 29.8 Å². The molecule has 3 nitrogen and oxygen atoms in total. The first-order valence-electron chi connectivity index (χ1n) is 9.38. The molecule has 7 heteroatoms. The second-order valence-corrected chi connectivity index (χ2v) is 7.47. The summed E-state index contributed by atoms with van der Waals surface area (Å²) in [6.07, 6.45) is -0.300. The van der Waals surface area contributed by atoms with Crippen LogP contribution in [-0.2, 0) is 12.8 Å². The summed E-state index contributed by atoms with van der Waals surface area (Å²) in [7, 11) is 0. The molecular weight excluding hydrogens is 401 g/mol. The molecule has 0 aliphatic heterocycles. The topological polar surface area (TPSA) is 45.2 Å². The van der Waals surface area contributed by atoms with E-state index in [0.29, 0.717) is 34.7 Å². The van der Waals surface area contributed by atoms with Gasteiger partial charge < -0.3 is 5.21 Å². The minimum atomic E-state index is -4.27. The largest absolute Gasteiger partial charge is 0.389 e. The quantitative estimate of drug-likeness (QED) is 0.562. The Labute approximate surface area is 172 Å². The van der Waals surface area contributed by atoms with Gasteiger partial charge in [0.2, 0.25) is 0 Å². The Hall–Kier alpha value is -2.15. The summed E-state index contributed by atoms with van der Waals surface area (Å²) in [6.45, 7) is 3.93. The predicted molar refractivity (Wildman–Crippen MR) is 109 cm³/mol. The van der Waals surface area contributed by atoms with Gasteiger partial charge in [0.1, 0.15) is 0 Å². The number of rotatable bonds is 6. The third-order valence-corrected chi connectivity index (χ3v) is 5.30. The Bertz CT molecular complexity index is 938. The normalized spacial score (nSPS) is 15.3. The molecule has 3 rings (SSSR count). The number of hydrogen-bond acceptors (Lipinski definition) is 3. The van der Waals surface area contributed by atoms with Crippen LogP contribution in [-0.4, -0.2) is 22.9 Å². The van der Waals surface area contributed by atoms with Gasteiger partial charge in [-0.1, -0.05) is 35.9 Å². The lowest BCUT2D eigenvalue weighted by Gasteiger charge is -2.19. The molecule has 1 aromatic carbocycles. The van der Waals surface area contributed by atoms with Crippen LogP contribution in [0.4, 0.5) is 13.2 Å². The van der Waals surface area contributed by atoms with E-state index < -0.39 is 12.6 Å². The SMILES string of the molecule is C=Cc1cnc2c(c1)CCc1cc(Cl)ccc1/C2=C(\CCNO)CCC(F)(F)F. The van der Waals surface area contributed by atoms with Gasteiger partial charge in [0.15, 0.2) is 0 Å². The molecule has 0 fully saturated rings. The molecule has 0 amide bonds. The average Bonchev–Trinajstić information content (AvgIpc) is 2.83. The van der Waals surface area contributed by atoms with Crippen molar-refractivity contribution in [3.8, 4) is 0 Å². The zero-order valence-corrected chi connectivity index (χ0v) is 16.6. The third kappa shape index (κ3) is 5.26. The second kappa shape index (κ2) is 9.11. The van der Waals surface area contributed by atoms with E-state index in [2.05, 4.69) is 17.0 Å². The summed E-state index contributed by atoms with van der Waals surface area (Å²) in [5, 5.41) is 9.64. The van der Waals surface area contributed by atoms with Crippen LogP contribution in [0.5, 0.6) is 0 Å². The fourth-order valence-corrected chi connectivity index (χ4v) is 3.89. The van der Waals surface area contributed by atoms with E-state index in [4.69, 9.17) is 16.8 Å². The third-order valence-electron chi connectivity index (χ3n) is 5.06. The summed E-state index contributed by atoms with van der Waals surface area (Å²) in [4.78, 5) is 4.60. The lowest BCUT2D eigenvalue weighted by Crippen LogP contribution is -2.13. The molecule has 0 spiro atoms. The highest BCUT2D eigenvalue weighted by Gasteiger charge is 2.29. The van der Waals surface area contributed by atoms with Gasteiger partial charge in [-0.2, -0.15) is 13.2 Å². The Morgan fingerprint density at radius 3 is 2.66 bits per heavy atom. The van der Waals surface area contributed by atoms with Crippen LogP contribution < -0.4 is 5.48 Å². The Morgan fingerprint density at radius 1 is 1.21 bits per heavy atom. The number of aromatic nitrogens is 1.